The molecule has 1 aromatic carbocycles. The molecule has 1 aliphatic rings. The minimum absolute atomic E-state index is 0.0735. The molecule has 0 saturated heterocycles. The Morgan fingerprint density at radius 1 is 0.880 bits per heavy atom. The van der Waals surface area contributed by atoms with E-state index >= 15 is 0 Å². The van der Waals surface area contributed by atoms with Crippen LogP contribution in [0, 0.1) is 6.92 Å². The molecule has 3 aromatic rings. The normalized spacial score (nSPS) is 16.6. The Balaban J connectivity index is 1.80. The fourth-order valence-electron chi connectivity index (χ4n) is 3.07. The molecule has 0 radical (unpaired) electrons. The van der Waals surface area contributed by atoms with Gasteiger partial charge in [0, 0.05) is 36.0 Å². The van der Waals surface area contributed by atoms with Crippen LogP contribution in [0.15, 0.2) is 85.5 Å². The number of pyridine rings is 2. The molecule has 1 unspecified atom stereocenters. The van der Waals surface area contributed by atoms with Crippen LogP contribution in [0.2, 0.25) is 0 Å². The van der Waals surface area contributed by atoms with Crippen molar-refractivity contribution in [1.29, 1.82) is 0 Å². The second-order valence-electron chi connectivity index (χ2n) is 6.20. The van der Waals surface area contributed by atoms with E-state index < -0.39 is 0 Å². The number of rotatable bonds is 3. The molecule has 3 heteroatoms. The maximum absolute atomic E-state index is 4.27. The molecule has 0 amide bonds. The zero-order valence-electron chi connectivity index (χ0n) is 14.1. The summed E-state index contributed by atoms with van der Waals surface area (Å²) >= 11 is 0. The first kappa shape index (κ1) is 15.3. The molecule has 4 rings (SSSR count). The number of hydrogen-bond acceptors (Lipinski definition) is 3. The zero-order chi connectivity index (χ0) is 17.1. The second-order valence-corrected chi connectivity index (χ2v) is 6.20. The molecule has 3 heterocycles. The van der Waals surface area contributed by atoms with Gasteiger partial charge < -0.3 is 5.32 Å². The number of nitrogens with one attached hydrogen (secondary N) is 1. The lowest BCUT2D eigenvalue weighted by atomic mass is 9.94. The minimum Gasteiger partial charge on any atom is -0.374 e. The van der Waals surface area contributed by atoms with Gasteiger partial charge in [0.05, 0.1) is 6.04 Å². The van der Waals surface area contributed by atoms with Gasteiger partial charge in [-0.05, 0) is 54.0 Å². The van der Waals surface area contributed by atoms with E-state index in [1.54, 1.807) is 12.4 Å². The molecular weight excluding hydrogens is 306 g/mol. The standard InChI is InChI=1S/C22H19N3/c1-16-5-2-6-17(11-16)20-12-21(18-7-3-9-23-14-18)25-22(13-20)19-8-4-10-24-15-19/h2-15,21,25H,1H3. The molecule has 0 bridgehead atoms. The first-order valence-electron chi connectivity index (χ1n) is 8.37. The molecule has 1 N–H and O–H groups in total. The van der Waals surface area contributed by atoms with E-state index in [4.69, 9.17) is 0 Å². The maximum atomic E-state index is 4.27. The Hall–Kier alpha value is -3.20. The summed E-state index contributed by atoms with van der Waals surface area (Å²) in [4.78, 5) is 8.53. The Bertz CT molecular complexity index is 928. The molecular formula is C22H19N3. The largest absolute Gasteiger partial charge is 0.374 e. The minimum atomic E-state index is 0.0735. The van der Waals surface area contributed by atoms with E-state index in [0.29, 0.717) is 0 Å². The molecule has 1 atom stereocenters. The first-order chi connectivity index (χ1) is 12.3. The van der Waals surface area contributed by atoms with E-state index in [2.05, 4.69) is 70.8 Å². The van der Waals surface area contributed by atoms with Crippen molar-refractivity contribution in [2.24, 2.45) is 0 Å². The van der Waals surface area contributed by atoms with Gasteiger partial charge in [-0.3, -0.25) is 9.97 Å². The third-order valence-electron chi connectivity index (χ3n) is 4.32. The molecule has 25 heavy (non-hydrogen) atoms. The maximum Gasteiger partial charge on any atom is 0.0722 e. The van der Waals surface area contributed by atoms with E-state index in [1.807, 2.05) is 24.5 Å². The predicted molar refractivity (Wildman–Crippen MR) is 101 cm³/mol. The number of benzene rings is 1. The summed E-state index contributed by atoms with van der Waals surface area (Å²) in [5.74, 6) is 0. The predicted octanol–water partition coefficient (Wildman–Crippen LogP) is 4.55. The molecule has 0 fully saturated rings. The van der Waals surface area contributed by atoms with Crippen molar-refractivity contribution in [3.8, 4) is 0 Å². The van der Waals surface area contributed by atoms with Crippen LogP contribution in [-0.4, -0.2) is 9.97 Å². The summed E-state index contributed by atoms with van der Waals surface area (Å²) < 4.78 is 0. The van der Waals surface area contributed by atoms with Gasteiger partial charge in [-0.1, -0.05) is 35.9 Å². The van der Waals surface area contributed by atoms with Crippen molar-refractivity contribution in [3.63, 3.8) is 0 Å². The van der Waals surface area contributed by atoms with E-state index in [-0.39, 0.29) is 6.04 Å². The fraction of sp³-hybridized carbons (Fsp3) is 0.0909. The Labute approximate surface area is 147 Å². The summed E-state index contributed by atoms with van der Waals surface area (Å²) in [5.41, 5.74) is 6.97. The van der Waals surface area contributed by atoms with Crippen LogP contribution in [0.5, 0.6) is 0 Å². The summed E-state index contributed by atoms with van der Waals surface area (Å²) in [6.45, 7) is 2.12. The Morgan fingerprint density at radius 2 is 1.68 bits per heavy atom. The summed E-state index contributed by atoms with van der Waals surface area (Å²) in [5, 5.41) is 3.61. The van der Waals surface area contributed by atoms with Gasteiger partial charge in [-0.15, -0.1) is 0 Å². The number of hydrogen-bond donors (Lipinski definition) is 1. The molecule has 3 nitrogen and oxygen atoms in total. The monoisotopic (exact) mass is 325 g/mol. The Kier molecular flexibility index (Phi) is 4.13. The number of allylic oxidation sites excluding steroid dienone is 2. The van der Waals surface area contributed by atoms with Crippen molar-refractivity contribution < 1.29 is 0 Å². The van der Waals surface area contributed by atoms with Crippen molar-refractivity contribution in [1.82, 2.24) is 15.3 Å². The smallest absolute Gasteiger partial charge is 0.0722 e. The molecule has 0 aliphatic carbocycles. The third kappa shape index (κ3) is 3.36. The number of nitrogens with zero attached hydrogens (tertiary/aromatic N) is 2. The lowest BCUT2D eigenvalue weighted by molar-refractivity contribution is 0.761. The summed E-state index contributed by atoms with van der Waals surface area (Å²) in [6.07, 6.45) is 11.8. The second kappa shape index (κ2) is 6.73. The molecule has 0 saturated carbocycles. The highest BCUT2D eigenvalue weighted by molar-refractivity contribution is 5.86. The van der Waals surface area contributed by atoms with Gasteiger partial charge in [-0.25, -0.2) is 0 Å². The quantitative estimate of drug-likeness (QED) is 0.767. The number of dihydropyridines is 1. The van der Waals surface area contributed by atoms with Crippen LogP contribution in [0.25, 0.3) is 11.3 Å². The molecule has 0 spiro atoms. The van der Waals surface area contributed by atoms with Crippen molar-refractivity contribution >= 4 is 11.3 Å². The van der Waals surface area contributed by atoms with E-state index in [1.165, 1.54) is 16.7 Å². The summed E-state index contributed by atoms with van der Waals surface area (Å²) in [6, 6.07) is 16.8. The van der Waals surface area contributed by atoms with Gasteiger partial charge in [0.1, 0.15) is 0 Å². The third-order valence-corrected chi connectivity index (χ3v) is 4.32. The van der Waals surface area contributed by atoms with Crippen LogP contribution in [0.4, 0.5) is 0 Å². The van der Waals surface area contributed by atoms with E-state index in [9.17, 15) is 0 Å². The SMILES string of the molecule is Cc1cccc(C2=CC(c3cccnc3)NC(c3cccnc3)=C2)c1. The average Bonchev–Trinajstić information content (AvgIpc) is 2.69. The van der Waals surface area contributed by atoms with Gasteiger partial charge in [-0.2, -0.15) is 0 Å². The highest BCUT2D eigenvalue weighted by Gasteiger charge is 2.18. The van der Waals surface area contributed by atoms with Gasteiger partial charge in [0.2, 0.25) is 0 Å². The number of aromatic nitrogens is 2. The van der Waals surface area contributed by atoms with Crippen molar-refractivity contribution in [2.45, 2.75) is 13.0 Å². The zero-order valence-corrected chi connectivity index (χ0v) is 14.1. The van der Waals surface area contributed by atoms with Crippen LogP contribution in [-0.2, 0) is 0 Å². The highest BCUT2D eigenvalue weighted by atomic mass is 14.9. The lowest BCUT2D eigenvalue weighted by Crippen LogP contribution is -2.21. The van der Waals surface area contributed by atoms with E-state index in [0.717, 1.165) is 16.8 Å². The Morgan fingerprint density at radius 3 is 2.40 bits per heavy atom. The molecule has 1 aliphatic heterocycles. The molecule has 2 aromatic heterocycles. The van der Waals surface area contributed by atoms with Crippen molar-refractivity contribution in [3.05, 3.63) is 108 Å². The van der Waals surface area contributed by atoms with Crippen LogP contribution in [0.3, 0.4) is 0 Å². The molecule has 122 valence electrons. The van der Waals surface area contributed by atoms with Crippen LogP contribution >= 0.6 is 0 Å². The number of aryl methyl sites for hydroxylation is 1. The topological polar surface area (TPSA) is 37.8 Å². The van der Waals surface area contributed by atoms with Crippen LogP contribution in [0.1, 0.15) is 28.3 Å². The van der Waals surface area contributed by atoms with Gasteiger partial charge in [0.15, 0.2) is 0 Å². The van der Waals surface area contributed by atoms with Crippen LogP contribution < -0.4 is 5.32 Å². The first-order valence-corrected chi connectivity index (χ1v) is 8.37. The lowest BCUT2D eigenvalue weighted by Gasteiger charge is -2.25. The fourth-order valence-corrected chi connectivity index (χ4v) is 3.07. The summed E-state index contributed by atoms with van der Waals surface area (Å²) in [7, 11) is 0. The highest BCUT2D eigenvalue weighted by Crippen LogP contribution is 2.31. The average molecular weight is 325 g/mol. The van der Waals surface area contributed by atoms with Crippen molar-refractivity contribution in [2.75, 3.05) is 0 Å². The van der Waals surface area contributed by atoms with Gasteiger partial charge in [0.25, 0.3) is 0 Å². The van der Waals surface area contributed by atoms with Gasteiger partial charge >= 0.3 is 0 Å².